The molecular formula is C16H17N3O5S. The maximum atomic E-state index is 12.0. The lowest BCUT2D eigenvalue weighted by molar-refractivity contribution is -0.119. The Hall–Kier alpha value is -2.81. The maximum Gasteiger partial charge on any atom is 0.352 e. The monoisotopic (exact) mass is 363 g/mol. The molecule has 1 heterocycles. The fourth-order valence-corrected chi connectivity index (χ4v) is 2.60. The SMILES string of the molecule is CCOC(=O)c1ccccc1NC(=O)COC(=O)c1snnc1CC. The summed E-state index contributed by atoms with van der Waals surface area (Å²) in [6, 6.07) is 6.43. The van der Waals surface area contributed by atoms with Crippen LogP contribution in [0.15, 0.2) is 24.3 Å². The molecule has 0 aliphatic carbocycles. The summed E-state index contributed by atoms with van der Waals surface area (Å²) in [6.07, 6.45) is 0.542. The molecule has 2 rings (SSSR count). The topological polar surface area (TPSA) is 107 Å². The molecule has 9 heteroatoms. The molecule has 0 aliphatic rings. The van der Waals surface area contributed by atoms with Crippen molar-refractivity contribution in [3.63, 3.8) is 0 Å². The Morgan fingerprint density at radius 2 is 1.88 bits per heavy atom. The van der Waals surface area contributed by atoms with Crippen molar-refractivity contribution in [1.29, 1.82) is 0 Å². The van der Waals surface area contributed by atoms with Crippen molar-refractivity contribution in [2.24, 2.45) is 0 Å². The van der Waals surface area contributed by atoms with E-state index in [2.05, 4.69) is 14.9 Å². The molecule has 1 aromatic carbocycles. The van der Waals surface area contributed by atoms with Crippen LogP contribution in [-0.4, -0.2) is 40.6 Å². The first-order valence-electron chi connectivity index (χ1n) is 7.61. The number of aryl methyl sites for hydroxylation is 1. The number of aromatic nitrogens is 2. The lowest BCUT2D eigenvalue weighted by Gasteiger charge is -2.10. The van der Waals surface area contributed by atoms with Crippen LogP contribution in [0.1, 0.15) is 39.6 Å². The first-order chi connectivity index (χ1) is 12.1. The molecule has 132 valence electrons. The highest BCUT2D eigenvalue weighted by molar-refractivity contribution is 7.07. The standard InChI is InChI=1S/C16H17N3O5S/c1-3-11-14(25-19-18-11)16(22)24-9-13(20)17-12-8-6-5-7-10(12)15(21)23-4-2/h5-8H,3-4,9H2,1-2H3,(H,17,20). The Morgan fingerprint density at radius 3 is 2.60 bits per heavy atom. The predicted molar refractivity (Wildman–Crippen MR) is 90.6 cm³/mol. The molecule has 1 amide bonds. The van der Waals surface area contributed by atoms with Crippen molar-refractivity contribution in [1.82, 2.24) is 9.59 Å². The van der Waals surface area contributed by atoms with Crippen LogP contribution in [0, 0.1) is 0 Å². The Bertz CT molecular complexity index is 775. The highest BCUT2D eigenvalue weighted by Gasteiger charge is 2.19. The van der Waals surface area contributed by atoms with Crippen LogP contribution in [-0.2, 0) is 20.7 Å². The summed E-state index contributed by atoms with van der Waals surface area (Å²) < 4.78 is 13.6. The zero-order chi connectivity index (χ0) is 18.2. The molecule has 0 radical (unpaired) electrons. The number of nitrogens with zero attached hydrogens (tertiary/aromatic N) is 2. The van der Waals surface area contributed by atoms with Crippen molar-refractivity contribution in [3.05, 3.63) is 40.4 Å². The van der Waals surface area contributed by atoms with Crippen LogP contribution in [0.3, 0.4) is 0 Å². The van der Waals surface area contributed by atoms with Crippen molar-refractivity contribution >= 4 is 35.1 Å². The number of amides is 1. The second kappa shape index (κ2) is 8.88. The van der Waals surface area contributed by atoms with Crippen LogP contribution in [0.5, 0.6) is 0 Å². The van der Waals surface area contributed by atoms with Gasteiger partial charge in [-0.25, -0.2) is 9.59 Å². The summed E-state index contributed by atoms with van der Waals surface area (Å²) in [5.41, 5.74) is 1.04. The van der Waals surface area contributed by atoms with E-state index in [0.717, 1.165) is 11.5 Å². The van der Waals surface area contributed by atoms with Gasteiger partial charge in [-0.1, -0.05) is 23.5 Å². The number of para-hydroxylation sites is 1. The summed E-state index contributed by atoms with van der Waals surface area (Å²) in [4.78, 5) is 36.1. The van der Waals surface area contributed by atoms with Crippen molar-refractivity contribution < 1.29 is 23.9 Å². The van der Waals surface area contributed by atoms with Gasteiger partial charge in [-0.05, 0) is 37.0 Å². The number of esters is 2. The first kappa shape index (κ1) is 18.5. The highest BCUT2D eigenvalue weighted by Crippen LogP contribution is 2.17. The molecule has 0 bridgehead atoms. The summed E-state index contributed by atoms with van der Waals surface area (Å²) in [6.45, 7) is 3.27. The molecule has 0 spiro atoms. The molecule has 25 heavy (non-hydrogen) atoms. The van der Waals surface area contributed by atoms with Gasteiger partial charge in [-0.15, -0.1) is 5.10 Å². The van der Waals surface area contributed by atoms with E-state index >= 15 is 0 Å². The molecule has 2 aromatic rings. The summed E-state index contributed by atoms with van der Waals surface area (Å²) in [5, 5.41) is 6.35. The minimum Gasteiger partial charge on any atom is -0.462 e. The van der Waals surface area contributed by atoms with E-state index in [1.54, 1.807) is 25.1 Å². The maximum absolute atomic E-state index is 12.0. The van der Waals surface area contributed by atoms with Crippen LogP contribution in [0.2, 0.25) is 0 Å². The Morgan fingerprint density at radius 1 is 1.12 bits per heavy atom. The van der Waals surface area contributed by atoms with E-state index in [4.69, 9.17) is 9.47 Å². The molecule has 0 atom stereocenters. The average Bonchev–Trinajstić information content (AvgIpc) is 3.09. The zero-order valence-corrected chi connectivity index (χ0v) is 14.6. The van der Waals surface area contributed by atoms with Gasteiger partial charge in [-0.3, -0.25) is 4.79 Å². The minimum absolute atomic E-state index is 0.224. The molecule has 0 saturated carbocycles. The van der Waals surface area contributed by atoms with Crippen LogP contribution in [0.25, 0.3) is 0 Å². The Labute approximate surface area is 148 Å². The third-order valence-electron chi connectivity index (χ3n) is 3.11. The number of ether oxygens (including phenoxy) is 2. The van der Waals surface area contributed by atoms with E-state index in [9.17, 15) is 14.4 Å². The molecule has 1 N–H and O–H groups in total. The van der Waals surface area contributed by atoms with Gasteiger partial charge in [-0.2, -0.15) is 0 Å². The van der Waals surface area contributed by atoms with Crippen LogP contribution < -0.4 is 5.32 Å². The Kier molecular flexibility index (Phi) is 6.58. The van der Waals surface area contributed by atoms with E-state index < -0.39 is 24.5 Å². The van der Waals surface area contributed by atoms with Gasteiger partial charge in [0.1, 0.15) is 0 Å². The number of rotatable bonds is 7. The van der Waals surface area contributed by atoms with Gasteiger partial charge in [0.05, 0.1) is 23.6 Å². The largest absolute Gasteiger partial charge is 0.462 e. The molecule has 0 aliphatic heterocycles. The lowest BCUT2D eigenvalue weighted by atomic mass is 10.2. The zero-order valence-electron chi connectivity index (χ0n) is 13.8. The van der Waals surface area contributed by atoms with Crippen LogP contribution >= 0.6 is 11.5 Å². The summed E-state index contributed by atoms with van der Waals surface area (Å²) in [7, 11) is 0. The molecule has 0 fully saturated rings. The number of anilines is 1. The third kappa shape index (κ3) is 4.83. The van der Waals surface area contributed by atoms with Gasteiger partial charge in [0.25, 0.3) is 5.91 Å². The summed E-state index contributed by atoms with van der Waals surface area (Å²) in [5.74, 6) is -1.76. The van der Waals surface area contributed by atoms with Crippen LogP contribution in [0.4, 0.5) is 5.69 Å². The van der Waals surface area contributed by atoms with Gasteiger partial charge >= 0.3 is 11.9 Å². The van der Waals surface area contributed by atoms with Crippen molar-refractivity contribution in [2.45, 2.75) is 20.3 Å². The van der Waals surface area contributed by atoms with Gasteiger partial charge in [0.15, 0.2) is 11.5 Å². The van der Waals surface area contributed by atoms with E-state index in [0.29, 0.717) is 12.1 Å². The smallest absolute Gasteiger partial charge is 0.352 e. The van der Waals surface area contributed by atoms with E-state index in [1.807, 2.05) is 6.92 Å². The molecule has 0 unspecified atom stereocenters. The second-order valence-electron chi connectivity index (χ2n) is 4.79. The number of hydrogen-bond acceptors (Lipinski definition) is 8. The first-order valence-corrected chi connectivity index (χ1v) is 8.38. The number of carbonyl (C=O) groups is 3. The van der Waals surface area contributed by atoms with E-state index in [-0.39, 0.29) is 22.7 Å². The van der Waals surface area contributed by atoms with E-state index in [1.165, 1.54) is 6.07 Å². The quantitative estimate of drug-likeness (QED) is 0.750. The molecule has 1 aromatic heterocycles. The second-order valence-corrected chi connectivity index (χ2v) is 5.55. The average molecular weight is 363 g/mol. The molecular weight excluding hydrogens is 346 g/mol. The highest BCUT2D eigenvalue weighted by atomic mass is 32.1. The lowest BCUT2D eigenvalue weighted by Crippen LogP contribution is -2.22. The number of hydrogen-bond donors (Lipinski definition) is 1. The molecule has 0 saturated heterocycles. The predicted octanol–water partition coefficient (Wildman–Crippen LogP) is 2.07. The fraction of sp³-hybridized carbons (Fsp3) is 0.312. The number of carbonyl (C=O) groups excluding carboxylic acids is 3. The van der Waals surface area contributed by atoms with Gasteiger partial charge in [0, 0.05) is 0 Å². The number of nitrogens with one attached hydrogen (secondary N) is 1. The normalized spacial score (nSPS) is 10.2. The van der Waals surface area contributed by atoms with Gasteiger partial charge < -0.3 is 14.8 Å². The molecule has 8 nitrogen and oxygen atoms in total. The Balaban J connectivity index is 1.97. The van der Waals surface area contributed by atoms with Crippen molar-refractivity contribution in [2.75, 3.05) is 18.5 Å². The number of benzene rings is 1. The summed E-state index contributed by atoms with van der Waals surface area (Å²) >= 11 is 0.921. The van der Waals surface area contributed by atoms with Crippen molar-refractivity contribution in [3.8, 4) is 0 Å². The van der Waals surface area contributed by atoms with Gasteiger partial charge in [0.2, 0.25) is 0 Å². The minimum atomic E-state index is -0.652. The fourth-order valence-electron chi connectivity index (χ4n) is 1.96. The third-order valence-corrected chi connectivity index (χ3v) is 3.86.